The van der Waals surface area contributed by atoms with Crippen LogP contribution >= 0.6 is 0 Å². The number of likely N-dealkylation sites (tertiary alicyclic amines) is 1. The van der Waals surface area contributed by atoms with Gasteiger partial charge < -0.3 is 10.2 Å². The van der Waals surface area contributed by atoms with Crippen LogP contribution in [0.2, 0.25) is 0 Å². The molecule has 0 radical (unpaired) electrons. The SMILES string of the molecule is CC(=O)N1CCC(NCc2cncnc2)CC1. The predicted molar refractivity (Wildman–Crippen MR) is 64.1 cm³/mol. The van der Waals surface area contributed by atoms with E-state index in [2.05, 4.69) is 15.3 Å². The Balaban J connectivity index is 1.74. The molecule has 5 nitrogen and oxygen atoms in total. The number of hydrogen-bond acceptors (Lipinski definition) is 4. The molecule has 0 saturated carbocycles. The second-order valence-electron chi connectivity index (χ2n) is 4.41. The van der Waals surface area contributed by atoms with E-state index in [1.54, 1.807) is 6.92 Å². The van der Waals surface area contributed by atoms with Crippen LogP contribution in [0, 0.1) is 0 Å². The zero-order valence-corrected chi connectivity index (χ0v) is 10.1. The average molecular weight is 234 g/mol. The molecule has 1 amide bonds. The van der Waals surface area contributed by atoms with Crippen LogP contribution < -0.4 is 5.32 Å². The molecule has 0 bridgehead atoms. The van der Waals surface area contributed by atoms with Crippen LogP contribution in [-0.2, 0) is 11.3 Å². The first-order chi connectivity index (χ1) is 8.25. The first-order valence-corrected chi connectivity index (χ1v) is 5.98. The van der Waals surface area contributed by atoms with E-state index in [1.807, 2.05) is 17.3 Å². The van der Waals surface area contributed by atoms with Gasteiger partial charge in [-0.15, -0.1) is 0 Å². The Morgan fingerprint density at radius 2 is 2.06 bits per heavy atom. The molecule has 0 atom stereocenters. The van der Waals surface area contributed by atoms with Crippen LogP contribution in [0.4, 0.5) is 0 Å². The summed E-state index contributed by atoms with van der Waals surface area (Å²) in [4.78, 5) is 21.0. The molecule has 92 valence electrons. The van der Waals surface area contributed by atoms with Crippen LogP contribution in [-0.4, -0.2) is 39.9 Å². The van der Waals surface area contributed by atoms with Gasteiger partial charge in [0.1, 0.15) is 6.33 Å². The molecule has 1 aromatic rings. The molecule has 1 fully saturated rings. The molecule has 1 saturated heterocycles. The van der Waals surface area contributed by atoms with Crippen molar-refractivity contribution in [3.8, 4) is 0 Å². The summed E-state index contributed by atoms with van der Waals surface area (Å²) in [5.74, 6) is 0.180. The van der Waals surface area contributed by atoms with E-state index in [0.29, 0.717) is 6.04 Å². The van der Waals surface area contributed by atoms with Gasteiger partial charge >= 0.3 is 0 Å². The van der Waals surface area contributed by atoms with Crippen molar-refractivity contribution in [3.63, 3.8) is 0 Å². The van der Waals surface area contributed by atoms with Crippen LogP contribution in [0.3, 0.4) is 0 Å². The van der Waals surface area contributed by atoms with E-state index in [-0.39, 0.29) is 5.91 Å². The third-order valence-electron chi connectivity index (χ3n) is 3.15. The van der Waals surface area contributed by atoms with E-state index >= 15 is 0 Å². The minimum Gasteiger partial charge on any atom is -0.343 e. The van der Waals surface area contributed by atoms with Gasteiger partial charge in [0.25, 0.3) is 0 Å². The van der Waals surface area contributed by atoms with Crippen LogP contribution in [0.1, 0.15) is 25.3 Å². The second-order valence-corrected chi connectivity index (χ2v) is 4.41. The van der Waals surface area contributed by atoms with Gasteiger partial charge in [-0.25, -0.2) is 9.97 Å². The van der Waals surface area contributed by atoms with E-state index in [0.717, 1.165) is 38.0 Å². The summed E-state index contributed by atoms with van der Waals surface area (Å²) >= 11 is 0. The quantitative estimate of drug-likeness (QED) is 0.831. The summed E-state index contributed by atoms with van der Waals surface area (Å²) in [7, 11) is 0. The predicted octanol–water partition coefficient (Wildman–Crippen LogP) is 0.577. The van der Waals surface area contributed by atoms with Crippen molar-refractivity contribution < 1.29 is 4.79 Å². The molecular weight excluding hydrogens is 216 g/mol. The van der Waals surface area contributed by atoms with Crippen LogP contribution in [0.15, 0.2) is 18.7 Å². The number of nitrogens with zero attached hydrogens (tertiary/aromatic N) is 3. The van der Waals surface area contributed by atoms with Gasteiger partial charge in [0.05, 0.1) is 0 Å². The largest absolute Gasteiger partial charge is 0.343 e. The van der Waals surface area contributed by atoms with E-state index < -0.39 is 0 Å². The third-order valence-corrected chi connectivity index (χ3v) is 3.15. The molecule has 2 rings (SSSR count). The lowest BCUT2D eigenvalue weighted by Gasteiger charge is -2.31. The lowest BCUT2D eigenvalue weighted by atomic mass is 10.0. The maximum absolute atomic E-state index is 11.2. The van der Waals surface area contributed by atoms with Crippen LogP contribution in [0.5, 0.6) is 0 Å². The van der Waals surface area contributed by atoms with Crippen molar-refractivity contribution in [2.24, 2.45) is 0 Å². The van der Waals surface area contributed by atoms with Crippen molar-refractivity contribution in [1.82, 2.24) is 20.2 Å². The molecule has 1 N–H and O–H groups in total. The van der Waals surface area contributed by atoms with Crippen LogP contribution in [0.25, 0.3) is 0 Å². The molecule has 1 aromatic heterocycles. The zero-order chi connectivity index (χ0) is 12.1. The van der Waals surface area contributed by atoms with E-state index in [1.165, 1.54) is 6.33 Å². The summed E-state index contributed by atoms with van der Waals surface area (Å²) in [6, 6.07) is 0.491. The fourth-order valence-electron chi connectivity index (χ4n) is 2.08. The zero-order valence-electron chi connectivity index (χ0n) is 10.1. The third kappa shape index (κ3) is 3.49. The minimum atomic E-state index is 0.180. The normalized spacial score (nSPS) is 17.1. The van der Waals surface area contributed by atoms with Gasteiger partial charge in [-0.1, -0.05) is 0 Å². The second kappa shape index (κ2) is 5.72. The number of amides is 1. The van der Waals surface area contributed by atoms with Gasteiger partial charge in [-0.05, 0) is 12.8 Å². The molecule has 17 heavy (non-hydrogen) atoms. The van der Waals surface area contributed by atoms with Gasteiger partial charge in [0, 0.05) is 50.6 Å². The number of carbonyl (C=O) groups excluding carboxylic acids is 1. The summed E-state index contributed by atoms with van der Waals surface area (Å²) in [5.41, 5.74) is 1.10. The van der Waals surface area contributed by atoms with Gasteiger partial charge in [0.2, 0.25) is 5.91 Å². The standard InChI is InChI=1S/C12H18N4O/c1-10(17)16-4-2-12(3-5-16)15-8-11-6-13-9-14-7-11/h6-7,9,12,15H,2-5,8H2,1H3. The van der Waals surface area contributed by atoms with Gasteiger partial charge in [-0.3, -0.25) is 4.79 Å². The summed E-state index contributed by atoms with van der Waals surface area (Å²) in [5, 5.41) is 3.48. The Labute approximate surface area is 101 Å². The molecule has 0 aliphatic carbocycles. The fourth-order valence-corrected chi connectivity index (χ4v) is 2.08. The maximum atomic E-state index is 11.2. The summed E-state index contributed by atoms with van der Waals surface area (Å²) in [6.07, 6.45) is 7.23. The van der Waals surface area contributed by atoms with E-state index in [9.17, 15) is 4.79 Å². The Morgan fingerprint density at radius 1 is 1.41 bits per heavy atom. The Kier molecular flexibility index (Phi) is 4.03. The molecular formula is C12H18N4O. The Hall–Kier alpha value is -1.49. The van der Waals surface area contributed by atoms with Crippen molar-refractivity contribution in [3.05, 3.63) is 24.3 Å². The number of aromatic nitrogens is 2. The molecule has 1 aliphatic rings. The fraction of sp³-hybridized carbons (Fsp3) is 0.583. The molecule has 1 aliphatic heterocycles. The number of piperidine rings is 1. The average Bonchev–Trinajstić information content (AvgIpc) is 2.38. The Bertz CT molecular complexity index is 360. The highest BCUT2D eigenvalue weighted by molar-refractivity contribution is 5.73. The number of rotatable bonds is 3. The van der Waals surface area contributed by atoms with Gasteiger partial charge in [0.15, 0.2) is 0 Å². The lowest BCUT2D eigenvalue weighted by Crippen LogP contribution is -2.43. The summed E-state index contributed by atoms with van der Waals surface area (Å²) in [6.45, 7) is 4.15. The lowest BCUT2D eigenvalue weighted by molar-refractivity contribution is -0.129. The highest BCUT2D eigenvalue weighted by atomic mass is 16.2. The first-order valence-electron chi connectivity index (χ1n) is 5.98. The highest BCUT2D eigenvalue weighted by Crippen LogP contribution is 2.10. The highest BCUT2D eigenvalue weighted by Gasteiger charge is 2.19. The molecule has 2 heterocycles. The summed E-state index contributed by atoms with van der Waals surface area (Å²) < 4.78 is 0. The van der Waals surface area contributed by atoms with Crippen molar-refractivity contribution in [2.75, 3.05) is 13.1 Å². The number of carbonyl (C=O) groups is 1. The topological polar surface area (TPSA) is 58.1 Å². The molecule has 0 spiro atoms. The molecule has 0 unspecified atom stereocenters. The monoisotopic (exact) mass is 234 g/mol. The van der Waals surface area contributed by atoms with Crippen molar-refractivity contribution >= 4 is 5.91 Å². The molecule has 5 heteroatoms. The van der Waals surface area contributed by atoms with Gasteiger partial charge in [-0.2, -0.15) is 0 Å². The first kappa shape index (κ1) is 12.0. The Morgan fingerprint density at radius 3 is 2.65 bits per heavy atom. The van der Waals surface area contributed by atoms with Crippen molar-refractivity contribution in [1.29, 1.82) is 0 Å². The number of hydrogen-bond donors (Lipinski definition) is 1. The molecule has 0 aromatic carbocycles. The maximum Gasteiger partial charge on any atom is 0.219 e. The number of nitrogens with one attached hydrogen (secondary N) is 1. The van der Waals surface area contributed by atoms with Crippen molar-refractivity contribution in [2.45, 2.75) is 32.4 Å². The smallest absolute Gasteiger partial charge is 0.219 e. The van der Waals surface area contributed by atoms with E-state index in [4.69, 9.17) is 0 Å². The minimum absolute atomic E-state index is 0.180.